The standard InChI is InChI=1S/C18H17F3N4O4S2/c1-11-16(26)25(13-3-5-14(6-4-13)30-18(19,20)21)17(27)24(11)10-12-7-8-22-9-15(12)23-31(2,28)29/h3-9,11,23H,10H2,1-2H3. The van der Waals surface area contributed by atoms with Gasteiger partial charge in [0.15, 0.2) is 0 Å². The molecule has 1 aromatic heterocycles. The molecule has 166 valence electrons. The van der Waals surface area contributed by atoms with E-state index in [1.165, 1.54) is 54.5 Å². The topological polar surface area (TPSA) is 99.7 Å². The number of hydrogen-bond acceptors (Lipinski definition) is 6. The van der Waals surface area contributed by atoms with Crippen molar-refractivity contribution in [3.05, 3.63) is 48.3 Å². The van der Waals surface area contributed by atoms with Gasteiger partial charge in [-0.05, 0) is 54.6 Å². The molecule has 2 heterocycles. The molecular formula is C18H17F3N4O4S2. The van der Waals surface area contributed by atoms with E-state index >= 15 is 0 Å². The van der Waals surface area contributed by atoms with Gasteiger partial charge < -0.3 is 4.90 Å². The molecule has 0 saturated carbocycles. The predicted molar refractivity (Wildman–Crippen MR) is 109 cm³/mol. The maximum absolute atomic E-state index is 12.9. The van der Waals surface area contributed by atoms with Gasteiger partial charge in [-0.25, -0.2) is 18.1 Å². The zero-order valence-corrected chi connectivity index (χ0v) is 17.9. The number of nitrogens with one attached hydrogen (secondary N) is 1. The molecule has 0 spiro atoms. The van der Waals surface area contributed by atoms with Crippen LogP contribution in [0, 0.1) is 0 Å². The third kappa shape index (κ3) is 5.47. The van der Waals surface area contributed by atoms with Gasteiger partial charge in [0.1, 0.15) is 6.04 Å². The van der Waals surface area contributed by atoms with Crippen molar-refractivity contribution >= 4 is 45.1 Å². The number of alkyl halides is 3. The molecule has 1 atom stereocenters. The monoisotopic (exact) mass is 474 g/mol. The van der Waals surface area contributed by atoms with Gasteiger partial charge in [-0.15, -0.1) is 0 Å². The van der Waals surface area contributed by atoms with Crippen LogP contribution in [-0.2, 0) is 21.4 Å². The van der Waals surface area contributed by atoms with Crippen LogP contribution in [0.5, 0.6) is 0 Å². The average Bonchev–Trinajstić information content (AvgIpc) is 2.85. The van der Waals surface area contributed by atoms with Gasteiger partial charge in [0, 0.05) is 11.1 Å². The van der Waals surface area contributed by atoms with E-state index in [9.17, 15) is 31.2 Å². The lowest BCUT2D eigenvalue weighted by Crippen LogP contribution is -2.33. The summed E-state index contributed by atoms with van der Waals surface area (Å²) in [5, 5.41) is 0. The number of hydrogen-bond donors (Lipinski definition) is 1. The number of benzene rings is 1. The number of halogens is 3. The van der Waals surface area contributed by atoms with Crippen molar-refractivity contribution in [2.24, 2.45) is 0 Å². The minimum atomic E-state index is -4.45. The van der Waals surface area contributed by atoms with Crippen molar-refractivity contribution in [2.45, 2.75) is 29.9 Å². The number of imide groups is 1. The first kappa shape index (κ1) is 22.9. The molecule has 1 aromatic carbocycles. The van der Waals surface area contributed by atoms with E-state index < -0.39 is 33.5 Å². The number of sulfonamides is 1. The van der Waals surface area contributed by atoms with E-state index in [0.29, 0.717) is 5.56 Å². The minimum absolute atomic E-state index is 0.0754. The Labute approximate surface area is 180 Å². The van der Waals surface area contributed by atoms with Crippen LogP contribution < -0.4 is 9.62 Å². The Bertz CT molecular complexity index is 1110. The molecule has 1 aliphatic heterocycles. The maximum atomic E-state index is 12.9. The molecule has 13 heteroatoms. The SMILES string of the molecule is CC1C(=O)N(c2ccc(SC(F)(F)F)cc2)C(=O)N1Cc1ccncc1NS(C)(=O)=O. The molecule has 1 aliphatic rings. The first-order valence-corrected chi connectivity index (χ1v) is 11.5. The number of urea groups is 1. The first-order chi connectivity index (χ1) is 14.4. The van der Waals surface area contributed by atoms with E-state index in [1.54, 1.807) is 0 Å². The number of amides is 3. The van der Waals surface area contributed by atoms with Crippen LogP contribution >= 0.6 is 11.8 Å². The zero-order chi connectivity index (χ0) is 23.0. The van der Waals surface area contributed by atoms with Crippen molar-refractivity contribution in [3.63, 3.8) is 0 Å². The van der Waals surface area contributed by atoms with E-state index in [-0.39, 0.29) is 34.6 Å². The fourth-order valence-electron chi connectivity index (χ4n) is 2.98. The number of nitrogens with zero attached hydrogens (tertiary/aromatic N) is 3. The summed E-state index contributed by atoms with van der Waals surface area (Å²) < 4.78 is 63.0. The van der Waals surface area contributed by atoms with Crippen molar-refractivity contribution in [1.29, 1.82) is 0 Å². The summed E-state index contributed by atoms with van der Waals surface area (Å²) in [5.41, 5.74) is -3.72. The highest BCUT2D eigenvalue weighted by molar-refractivity contribution is 8.00. The lowest BCUT2D eigenvalue weighted by molar-refractivity contribution is -0.119. The summed E-state index contributed by atoms with van der Waals surface area (Å²) in [6.45, 7) is 1.43. The van der Waals surface area contributed by atoms with E-state index in [1.807, 2.05) is 0 Å². The lowest BCUT2D eigenvalue weighted by Gasteiger charge is -2.21. The lowest BCUT2D eigenvalue weighted by atomic mass is 10.2. The fraction of sp³-hybridized carbons (Fsp3) is 0.278. The van der Waals surface area contributed by atoms with Crippen LogP contribution in [0.3, 0.4) is 0 Å². The second kappa shape index (κ2) is 8.38. The average molecular weight is 474 g/mol. The van der Waals surface area contributed by atoms with Crippen LogP contribution in [0.2, 0.25) is 0 Å². The molecule has 0 bridgehead atoms. The highest BCUT2D eigenvalue weighted by Gasteiger charge is 2.43. The molecular weight excluding hydrogens is 457 g/mol. The zero-order valence-electron chi connectivity index (χ0n) is 16.3. The highest BCUT2D eigenvalue weighted by Crippen LogP contribution is 2.38. The van der Waals surface area contributed by atoms with Gasteiger partial charge in [-0.2, -0.15) is 13.2 Å². The Morgan fingerprint density at radius 2 is 1.81 bits per heavy atom. The van der Waals surface area contributed by atoms with E-state index in [0.717, 1.165) is 11.2 Å². The van der Waals surface area contributed by atoms with Gasteiger partial charge >= 0.3 is 11.5 Å². The number of carbonyl (C=O) groups excluding carboxylic acids is 2. The largest absolute Gasteiger partial charge is 0.446 e. The molecule has 3 amide bonds. The number of aromatic nitrogens is 1. The quantitative estimate of drug-likeness (QED) is 0.509. The third-order valence-electron chi connectivity index (χ3n) is 4.36. The normalized spacial score (nSPS) is 17.4. The Morgan fingerprint density at radius 1 is 1.16 bits per heavy atom. The molecule has 0 aliphatic carbocycles. The smallest absolute Gasteiger partial charge is 0.308 e. The minimum Gasteiger partial charge on any atom is -0.308 e. The molecule has 1 saturated heterocycles. The fourth-order valence-corrected chi connectivity index (χ4v) is 4.11. The summed E-state index contributed by atoms with van der Waals surface area (Å²) in [6.07, 6.45) is 3.68. The molecule has 3 rings (SSSR count). The van der Waals surface area contributed by atoms with Crippen LogP contribution in [-0.4, -0.2) is 48.0 Å². The predicted octanol–water partition coefficient (Wildman–Crippen LogP) is 3.42. The van der Waals surface area contributed by atoms with Crippen molar-refractivity contribution < 1.29 is 31.2 Å². The summed E-state index contributed by atoms with van der Waals surface area (Å²) in [6, 6.07) is 4.87. The Kier molecular flexibility index (Phi) is 6.18. The summed E-state index contributed by atoms with van der Waals surface area (Å²) in [4.78, 5) is 31.5. The molecule has 8 nitrogen and oxygen atoms in total. The second-order valence-corrected chi connectivity index (χ2v) is 9.60. The van der Waals surface area contributed by atoms with Crippen molar-refractivity contribution in [1.82, 2.24) is 9.88 Å². The number of pyridine rings is 1. The third-order valence-corrected chi connectivity index (χ3v) is 5.69. The summed E-state index contributed by atoms with van der Waals surface area (Å²) in [5.74, 6) is -0.548. The van der Waals surface area contributed by atoms with Crippen LogP contribution in [0.1, 0.15) is 12.5 Å². The van der Waals surface area contributed by atoms with Gasteiger partial charge in [-0.1, -0.05) is 0 Å². The number of carbonyl (C=O) groups is 2. The van der Waals surface area contributed by atoms with Gasteiger partial charge in [0.05, 0.1) is 30.4 Å². The Hall–Kier alpha value is -2.80. The van der Waals surface area contributed by atoms with Crippen LogP contribution in [0.15, 0.2) is 47.6 Å². The van der Waals surface area contributed by atoms with Crippen molar-refractivity contribution in [2.75, 3.05) is 15.9 Å². The maximum Gasteiger partial charge on any atom is 0.446 e. The van der Waals surface area contributed by atoms with Crippen LogP contribution in [0.4, 0.5) is 29.3 Å². The van der Waals surface area contributed by atoms with Gasteiger partial charge in [0.25, 0.3) is 5.91 Å². The first-order valence-electron chi connectivity index (χ1n) is 8.77. The van der Waals surface area contributed by atoms with Gasteiger partial charge in [0.2, 0.25) is 10.0 Å². The van der Waals surface area contributed by atoms with Crippen LogP contribution in [0.25, 0.3) is 0 Å². The molecule has 2 aromatic rings. The number of anilines is 2. The summed E-state index contributed by atoms with van der Waals surface area (Å²) >= 11 is -0.298. The van der Waals surface area contributed by atoms with Crippen molar-refractivity contribution in [3.8, 4) is 0 Å². The number of thioether (sulfide) groups is 1. The molecule has 0 radical (unpaired) electrons. The van der Waals surface area contributed by atoms with E-state index in [2.05, 4.69) is 9.71 Å². The highest BCUT2D eigenvalue weighted by atomic mass is 32.2. The Balaban J connectivity index is 1.83. The molecule has 1 fully saturated rings. The molecule has 1 unspecified atom stereocenters. The number of rotatable bonds is 6. The second-order valence-electron chi connectivity index (χ2n) is 6.71. The van der Waals surface area contributed by atoms with E-state index in [4.69, 9.17) is 0 Å². The Morgan fingerprint density at radius 3 is 2.39 bits per heavy atom. The molecule has 31 heavy (non-hydrogen) atoms. The molecule has 1 N–H and O–H groups in total. The summed E-state index contributed by atoms with van der Waals surface area (Å²) in [7, 11) is -3.59. The van der Waals surface area contributed by atoms with Gasteiger partial charge in [-0.3, -0.25) is 14.5 Å².